The van der Waals surface area contributed by atoms with Crippen LogP contribution >= 0.6 is 11.6 Å². The van der Waals surface area contributed by atoms with Gasteiger partial charge in [0.15, 0.2) is 0 Å². The number of hydrogen-bond acceptors (Lipinski definition) is 2. The Labute approximate surface area is 155 Å². The van der Waals surface area contributed by atoms with Crippen LogP contribution in [0.25, 0.3) is 12.2 Å². The summed E-state index contributed by atoms with van der Waals surface area (Å²) in [6.07, 6.45) is 3.76. The van der Waals surface area contributed by atoms with Gasteiger partial charge in [0.05, 0.1) is 11.3 Å². The monoisotopic (exact) mass is 367 g/mol. The average Bonchev–Trinajstić information content (AvgIpc) is 2.62. The van der Waals surface area contributed by atoms with Crippen molar-refractivity contribution >= 4 is 41.1 Å². The molecule has 0 amide bonds. The van der Waals surface area contributed by atoms with E-state index in [4.69, 9.17) is 11.6 Å². The van der Waals surface area contributed by atoms with E-state index in [0.29, 0.717) is 16.4 Å². The van der Waals surface area contributed by atoms with E-state index in [1.54, 1.807) is 30.3 Å². The van der Waals surface area contributed by atoms with Crippen LogP contribution in [0.5, 0.6) is 0 Å². The molecule has 3 aromatic rings. The fourth-order valence-corrected chi connectivity index (χ4v) is 2.65. The predicted molar refractivity (Wildman–Crippen MR) is 103 cm³/mol. The number of rotatable bonds is 5. The second-order valence-corrected chi connectivity index (χ2v) is 6.07. The molecule has 0 saturated heterocycles. The molecule has 0 spiro atoms. The zero-order chi connectivity index (χ0) is 18.5. The number of benzene rings is 3. The van der Waals surface area contributed by atoms with Crippen LogP contribution in [0.4, 0.5) is 15.8 Å². The van der Waals surface area contributed by atoms with Gasteiger partial charge in [-0.15, -0.1) is 0 Å². The van der Waals surface area contributed by atoms with Crippen molar-refractivity contribution in [1.82, 2.24) is 0 Å². The van der Waals surface area contributed by atoms with Crippen molar-refractivity contribution in [3.8, 4) is 0 Å². The van der Waals surface area contributed by atoms with E-state index in [1.165, 1.54) is 18.2 Å². The van der Waals surface area contributed by atoms with Crippen LogP contribution in [0.3, 0.4) is 0 Å². The Morgan fingerprint density at radius 2 is 1.65 bits per heavy atom. The minimum absolute atomic E-state index is 0.134. The summed E-state index contributed by atoms with van der Waals surface area (Å²) in [5, 5.41) is 13.1. The van der Waals surface area contributed by atoms with Crippen molar-refractivity contribution in [3.63, 3.8) is 0 Å². The van der Waals surface area contributed by atoms with Crippen molar-refractivity contribution in [2.45, 2.75) is 0 Å². The highest BCUT2D eigenvalue weighted by Crippen LogP contribution is 2.24. The van der Waals surface area contributed by atoms with Crippen LogP contribution in [0.1, 0.15) is 21.5 Å². The van der Waals surface area contributed by atoms with Crippen molar-refractivity contribution in [2.75, 3.05) is 5.32 Å². The van der Waals surface area contributed by atoms with E-state index in [2.05, 4.69) is 5.32 Å². The SMILES string of the molecule is O=C(O)c1ccc(/C=C/c2cccc(Cl)c2)cc1Nc1ccc(F)cc1. The van der Waals surface area contributed by atoms with Crippen LogP contribution < -0.4 is 5.32 Å². The number of nitrogens with one attached hydrogen (secondary N) is 1. The molecule has 26 heavy (non-hydrogen) atoms. The van der Waals surface area contributed by atoms with Gasteiger partial charge in [-0.25, -0.2) is 9.18 Å². The van der Waals surface area contributed by atoms with E-state index < -0.39 is 5.97 Å². The quantitative estimate of drug-likeness (QED) is 0.536. The van der Waals surface area contributed by atoms with Gasteiger partial charge in [0.1, 0.15) is 5.82 Å². The summed E-state index contributed by atoms with van der Waals surface area (Å²) in [6, 6.07) is 18.1. The van der Waals surface area contributed by atoms with Gasteiger partial charge in [-0.3, -0.25) is 0 Å². The Kier molecular flexibility index (Phi) is 5.34. The van der Waals surface area contributed by atoms with Gasteiger partial charge < -0.3 is 10.4 Å². The maximum atomic E-state index is 13.0. The van der Waals surface area contributed by atoms with E-state index in [0.717, 1.165) is 11.1 Å². The van der Waals surface area contributed by atoms with Gasteiger partial charge in [-0.2, -0.15) is 0 Å². The van der Waals surface area contributed by atoms with Crippen molar-refractivity contribution in [1.29, 1.82) is 0 Å². The van der Waals surface area contributed by atoms with Gasteiger partial charge in [0.25, 0.3) is 0 Å². The van der Waals surface area contributed by atoms with Crippen LogP contribution in [-0.4, -0.2) is 11.1 Å². The number of hydrogen-bond donors (Lipinski definition) is 2. The highest BCUT2D eigenvalue weighted by atomic mass is 35.5. The Morgan fingerprint density at radius 3 is 2.31 bits per heavy atom. The van der Waals surface area contributed by atoms with Crippen LogP contribution in [-0.2, 0) is 0 Å². The molecule has 0 heterocycles. The van der Waals surface area contributed by atoms with Crippen molar-refractivity contribution in [2.24, 2.45) is 0 Å². The minimum atomic E-state index is -1.04. The fraction of sp³-hybridized carbons (Fsp3) is 0. The van der Waals surface area contributed by atoms with Crippen LogP contribution in [0, 0.1) is 5.82 Å². The number of halogens is 2. The topological polar surface area (TPSA) is 49.3 Å². The molecule has 3 nitrogen and oxygen atoms in total. The number of aromatic carboxylic acids is 1. The molecule has 0 aromatic heterocycles. The molecule has 0 fully saturated rings. The molecule has 2 N–H and O–H groups in total. The largest absolute Gasteiger partial charge is 0.478 e. The molecular formula is C21H15ClFNO2. The molecule has 0 unspecified atom stereocenters. The predicted octanol–water partition coefficient (Wildman–Crippen LogP) is 6.09. The normalized spacial score (nSPS) is 10.8. The summed E-state index contributed by atoms with van der Waals surface area (Å²) in [6.45, 7) is 0. The minimum Gasteiger partial charge on any atom is -0.478 e. The Bertz CT molecular complexity index is 968. The lowest BCUT2D eigenvalue weighted by atomic mass is 10.1. The van der Waals surface area contributed by atoms with E-state index in [9.17, 15) is 14.3 Å². The molecular weight excluding hydrogens is 353 g/mol. The number of carbonyl (C=O) groups is 1. The molecule has 5 heteroatoms. The Hall–Kier alpha value is -3.11. The fourth-order valence-electron chi connectivity index (χ4n) is 2.45. The molecule has 0 radical (unpaired) electrons. The molecule has 0 aliphatic carbocycles. The first-order valence-corrected chi connectivity index (χ1v) is 8.23. The summed E-state index contributed by atoms with van der Waals surface area (Å²) in [7, 11) is 0. The Balaban J connectivity index is 1.90. The van der Waals surface area contributed by atoms with Crippen LogP contribution in [0.15, 0.2) is 66.7 Å². The van der Waals surface area contributed by atoms with E-state index >= 15 is 0 Å². The second-order valence-electron chi connectivity index (χ2n) is 5.63. The van der Waals surface area contributed by atoms with Crippen molar-refractivity contribution in [3.05, 3.63) is 94.3 Å². The molecule has 130 valence electrons. The number of anilines is 2. The standard InChI is InChI=1S/C21H15ClFNO2/c22-16-3-1-2-14(12-16)4-5-15-6-11-19(21(25)26)20(13-15)24-18-9-7-17(23)8-10-18/h1-13,24H,(H,25,26)/b5-4+. The molecule has 0 atom stereocenters. The summed E-state index contributed by atoms with van der Waals surface area (Å²) in [4.78, 5) is 11.5. The Morgan fingerprint density at radius 1 is 0.962 bits per heavy atom. The third-order valence-corrected chi connectivity index (χ3v) is 3.95. The molecule has 0 aliphatic rings. The molecule has 3 aromatic carbocycles. The zero-order valence-corrected chi connectivity index (χ0v) is 14.4. The smallest absolute Gasteiger partial charge is 0.337 e. The van der Waals surface area contributed by atoms with Crippen molar-refractivity contribution < 1.29 is 14.3 Å². The summed E-state index contributed by atoms with van der Waals surface area (Å²) in [5.74, 6) is -1.40. The third-order valence-electron chi connectivity index (χ3n) is 3.71. The highest BCUT2D eigenvalue weighted by Gasteiger charge is 2.10. The highest BCUT2D eigenvalue weighted by molar-refractivity contribution is 6.30. The summed E-state index contributed by atoms with van der Waals surface area (Å²) >= 11 is 5.97. The number of carboxylic acid groups (broad SMARTS) is 1. The second kappa shape index (κ2) is 7.85. The van der Waals surface area contributed by atoms with Gasteiger partial charge in [-0.1, -0.05) is 42.0 Å². The molecule has 3 rings (SSSR count). The lowest BCUT2D eigenvalue weighted by Crippen LogP contribution is -2.03. The van der Waals surface area contributed by atoms with Gasteiger partial charge >= 0.3 is 5.97 Å². The van der Waals surface area contributed by atoms with Gasteiger partial charge in [0.2, 0.25) is 0 Å². The maximum Gasteiger partial charge on any atom is 0.337 e. The third kappa shape index (κ3) is 4.49. The lowest BCUT2D eigenvalue weighted by Gasteiger charge is -2.11. The summed E-state index contributed by atoms with van der Waals surface area (Å²) in [5.41, 5.74) is 2.92. The van der Waals surface area contributed by atoms with Crippen LogP contribution in [0.2, 0.25) is 5.02 Å². The first-order chi connectivity index (χ1) is 12.5. The van der Waals surface area contributed by atoms with Gasteiger partial charge in [-0.05, 0) is 59.7 Å². The average molecular weight is 368 g/mol. The maximum absolute atomic E-state index is 13.0. The zero-order valence-electron chi connectivity index (χ0n) is 13.6. The number of carboxylic acids is 1. The lowest BCUT2D eigenvalue weighted by molar-refractivity contribution is 0.0698. The molecule has 0 saturated carbocycles. The first kappa shape index (κ1) is 17.7. The summed E-state index contributed by atoms with van der Waals surface area (Å²) < 4.78 is 13.0. The molecule has 0 bridgehead atoms. The molecule has 0 aliphatic heterocycles. The van der Waals surface area contributed by atoms with Gasteiger partial charge in [0, 0.05) is 10.7 Å². The van der Waals surface area contributed by atoms with E-state index in [-0.39, 0.29) is 11.4 Å². The first-order valence-electron chi connectivity index (χ1n) is 7.85. The van der Waals surface area contributed by atoms with E-state index in [1.807, 2.05) is 30.4 Å².